The zero-order chi connectivity index (χ0) is 13.7. The normalized spacial score (nSPS) is 12.4. The molecule has 19 heavy (non-hydrogen) atoms. The summed E-state index contributed by atoms with van der Waals surface area (Å²) in [6, 6.07) is 15.1. The summed E-state index contributed by atoms with van der Waals surface area (Å²) in [4.78, 5) is 0. The van der Waals surface area contributed by atoms with Gasteiger partial charge in [0.1, 0.15) is 5.82 Å². The summed E-state index contributed by atoms with van der Waals surface area (Å²) < 4.78 is 12.8. The van der Waals surface area contributed by atoms with Crippen molar-refractivity contribution in [3.8, 4) is 0 Å². The van der Waals surface area contributed by atoms with Crippen molar-refractivity contribution in [1.29, 1.82) is 0 Å². The van der Waals surface area contributed by atoms with E-state index in [9.17, 15) is 4.39 Å². The molecule has 0 aliphatic rings. The van der Waals surface area contributed by atoms with Gasteiger partial charge in [0.25, 0.3) is 0 Å². The lowest BCUT2D eigenvalue weighted by Crippen LogP contribution is -2.23. The van der Waals surface area contributed by atoms with Crippen LogP contribution in [0.5, 0.6) is 0 Å². The minimum atomic E-state index is -0.197. The molecule has 2 N–H and O–H groups in total. The van der Waals surface area contributed by atoms with E-state index in [-0.39, 0.29) is 11.9 Å². The highest BCUT2D eigenvalue weighted by Crippen LogP contribution is 2.12. The van der Waals surface area contributed by atoms with Gasteiger partial charge in [-0.1, -0.05) is 36.4 Å². The van der Waals surface area contributed by atoms with Crippen LogP contribution >= 0.6 is 0 Å². The first-order valence-electron chi connectivity index (χ1n) is 6.69. The second-order valence-corrected chi connectivity index (χ2v) is 5.06. The van der Waals surface area contributed by atoms with E-state index in [1.54, 1.807) is 0 Å². The lowest BCUT2D eigenvalue weighted by atomic mass is 9.98. The standard InChI is InChI=1S/C17H20FN/c1-13-4-2-3-5-15(13)8-11-17(19)12-14-6-9-16(18)10-7-14/h2-7,9-10,17H,8,11-12,19H2,1H3. The van der Waals surface area contributed by atoms with Crippen LogP contribution in [-0.4, -0.2) is 6.04 Å². The fourth-order valence-corrected chi connectivity index (χ4v) is 2.26. The Morgan fingerprint density at radius 1 is 1.05 bits per heavy atom. The molecular weight excluding hydrogens is 237 g/mol. The van der Waals surface area contributed by atoms with Crippen molar-refractivity contribution in [1.82, 2.24) is 0 Å². The third kappa shape index (κ3) is 4.18. The Labute approximate surface area is 114 Å². The van der Waals surface area contributed by atoms with E-state index >= 15 is 0 Å². The highest BCUT2D eigenvalue weighted by molar-refractivity contribution is 5.25. The Hall–Kier alpha value is -1.67. The van der Waals surface area contributed by atoms with Gasteiger partial charge in [0, 0.05) is 6.04 Å². The van der Waals surface area contributed by atoms with Gasteiger partial charge in [-0.2, -0.15) is 0 Å². The van der Waals surface area contributed by atoms with Crippen molar-refractivity contribution >= 4 is 0 Å². The second kappa shape index (κ2) is 6.48. The molecule has 0 aliphatic carbocycles. The average Bonchev–Trinajstić information content (AvgIpc) is 2.40. The van der Waals surface area contributed by atoms with E-state index in [0.29, 0.717) is 0 Å². The van der Waals surface area contributed by atoms with Gasteiger partial charge in [-0.15, -0.1) is 0 Å². The van der Waals surface area contributed by atoms with Crippen molar-refractivity contribution in [3.05, 3.63) is 71.0 Å². The first kappa shape index (κ1) is 13.8. The Kier molecular flexibility index (Phi) is 4.69. The summed E-state index contributed by atoms with van der Waals surface area (Å²) in [5.74, 6) is -0.197. The minimum absolute atomic E-state index is 0.116. The van der Waals surface area contributed by atoms with Gasteiger partial charge in [0.15, 0.2) is 0 Å². The van der Waals surface area contributed by atoms with Crippen molar-refractivity contribution in [2.75, 3.05) is 0 Å². The van der Waals surface area contributed by atoms with Crippen molar-refractivity contribution in [2.24, 2.45) is 5.73 Å². The molecule has 0 bridgehead atoms. The van der Waals surface area contributed by atoms with Crippen LogP contribution in [0.4, 0.5) is 4.39 Å². The van der Waals surface area contributed by atoms with Gasteiger partial charge in [-0.3, -0.25) is 0 Å². The second-order valence-electron chi connectivity index (χ2n) is 5.06. The summed E-state index contributed by atoms with van der Waals surface area (Å²) in [6.07, 6.45) is 2.74. The number of hydrogen-bond donors (Lipinski definition) is 1. The third-order valence-corrected chi connectivity index (χ3v) is 3.46. The van der Waals surface area contributed by atoms with Crippen LogP contribution in [0.3, 0.4) is 0 Å². The first-order valence-corrected chi connectivity index (χ1v) is 6.69. The van der Waals surface area contributed by atoms with Crippen LogP contribution in [0, 0.1) is 12.7 Å². The van der Waals surface area contributed by atoms with Gasteiger partial charge < -0.3 is 5.73 Å². The van der Waals surface area contributed by atoms with Gasteiger partial charge >= 0.3 is 0 Å². The third-order valence-electron chi connectivity index (χ3n) is 3.46. The molecule has 0 heterocycles. The zero-order valence-corrected chi connectivity index (χ0v) is 11.3. The molecular formula is C17H20FN. The van der Waals surface area contributed by atoms with E-state index in [4.69, 9.17) is 5.73 Å². The highest BCUT2D eigenvalue weighted by Gasteiger charge is 2.06. The van der Waals surface area contributed by atoms with Crippen LogP contribution in [0.25, 0.3) is 0 Å². The molecule has 2 aromatic rings. The maximum Gasteiger partial charge on any atom is 0.123 e. The molecule has 0 saturated heterocycles. The lowest BCUT2D eigenvalue weighted by Gasteiger charge is -2.12. The largest absolute Gasteiger partial charge is 0.327 e. The first-order chi connectivity index (χ1) is 9.15. The molecule has 1 unspecified atom stereocenters. The van der Waals surface area contributed by atoms with E-state index < -0.39 is 0 Å². The van der Waals surface area contributed by atoms with Crippen LogP contribution < -0.4 is 5.73 Å². The predicted molar refractivity (Wildman–Crippen MR) is 77.6 cm³/mol. The zero-order valence-electron chi connectivity index (χ0n) is 11.3. The van der Waals surface area contributed by atoms with E-state index in [0.717, 1.165) is 24.8 Å². The Morgan fingerprint density at radius 2 is 1.74 bits per heavy atom. The minimum Gasteiger partial charge on any atom is -0.327 e. The number of rotatable bonds is 5. The number of hydrogen-bond acceptors (Lipinski definition) is 1. The van der Waals surface area contributed by atoms with Crippen LogP contribution in [0.2, 0.25) is 0 Å². The quantitative estimate of drug-likeness (QED) is 0.869. The summed E-state index contributed by atoms with van der Waals surface area (Å²) >= 11 is 0. The molecule has 0 amide bonds. The number of nitrogens with two attached hydrogens (primary N) is 1. The fraction of sp³-hybridized carbons (Fsp3) is 0.294. The maximum atomic E-state index is 12.8. The monoisotopic (exact) mass is 257 g/mol. The molecule has 0 aromatic heterocycles. The molecule has 1 nitrogen and oxygen atoms in total. The maximum absolute atomic E-state index is 12.8. The molecule has 2 heteroatoms. The number of aryl methyl sites for hydroxylation is 2. The number of benzene rings is 2. The molecule has 0 aliphatic heterocycles. The molecule has 2 rings (SSSR count). The van der Waals surface area contributed by atoms with E-state index in [1.165, 1.54) is 23.3 Å². The molecule has 2 aromatic carbocycles. The smallest absolute Gasteiger partial charge is 0.123 e. The number of halogens is 1. The summed E-state index contributed by atoms with van der Waals surface area (Å²) in [5, 5.41) is 0. The van der Waals surface area contributed by atoms with Crippen LogP contribution in [0.15, 0.2) is 48.5 Å². The summed E-state index contributed by atoms with van der Waals surface area (Å²) in [7, 11) is 0. The molecule has 100 valence electrons. The molecule has 0 spiro atoms. The lowest BCUT2D eigenvalue weighted by molar-refractivity contribution is 0.604. The Morgan fingerprint density at radius 3 is 2.42 bits per heavy atom. The molecule has 0 saturated carbocycles. The van der Waals surface area contributed by atoms with Gasteiger partial charge in [-0.25, -0.2) is 4.39 Å². The van der Waals surface area contributed by atoms with Gasteiger partial charge in [0.2, 0.25) is 0 Å². The van der Waals surface area contributed by atoms with E-state index in [1.807, 2.05) is 12.1 Å². The van der Waals surface area contributed by atoms with Gasteiger partial charge in [-0.05, 0) is 55.0 Å². The van der Waals surface area contributed by atoms with Gasteiger partial charge in [0.05, 0.1) is 0 Å². The molecule has 0 fully saturated rings. The topological polar surface area (TPSA) is 26.0 Å². The SMILES string of the molecule is Cc1ccccc1CCC(N)Cc1ccc(F)cc1. The molecule has 1 atom stereocenters. The van der Waals surface area contributed by atoms with Crippen molar-refractivity contribution < 1.29 is 4.39 Å². The Balaban J connectivity index is 1.86. The highest BCUT2D eigenvalue weighted by atomic mass is 19.1. The predicted octanol–water partition coefficient (Wildman–Crippen LogP) is 3.64. The average molecular weight is 257 g/mol. The summed E-state index contributed by atoms with van der Waals surface area (Å²) in [5.41, 5.74) is 9.92. The van der Waals surface area contributed by atoms with Crippen LogP contribution in [-0.2, 0) is 12.8 Å². The van der Waals surface area contributed by atoms with E-state index in [2.05, 4.69) is 31.2 Å². The summed E-state index contributed by atoms with van der Waals surface area (Å²) in [6.45, 7) is 2.13. The van der Waals surface area contributed by atoms with Crippen LogP contribution in [0.1, 0.15) is 23.1 Å². The van der Waals surface area contributed by atoms with Crippen molar-refractivity contribution in [2.45, 2.75) is 32.2 Å². The molecule has 0 radical (unpaired) electrons. The van der Waals surface area contributed by atoms with Crippen molar-refractivity contribution in [3.63, 3.8) is 0 Å². The Bertz CT molecular complexity index is 519. The fourth-order valence-electron chi connectivity index (χ4n) is 2.26.